The summed E-state index contributed by atoms with van der Waals surface area (Å²) in [5.41, 5.74) is 0.895. The summed E-state index contributed by atoms with van der Waals surface area (Å²) in [6, 6.07) is 7.97. The van der Waals surface area contributed by atoms with Gasteiger partial charge in [-0.05, 0) is 49.3 Å². The number of esters is 1. The molecular weight excluding hydrogens is 382 g/mol. The first kappa shape index (κ1) is 18.2. The zero-order valence-electron chi connectivity index (χ0n) is 14.3. The highest BCUT2D eigenvalue weighted by molar-refractivity contribution is 9.10. The maximum absolute atomic E-state index is 12.5. The molecule has 2 aliphatic rings. The normalized spacial score (nSPS) is 23.3. The minimum absolute atomic E-state index is 0.0563. The van der Waals surface area contributed by atoms with Crippen molar-refractivity contribution in [3.63, 3.8) is 0 Å². The van der Waals surface area contributed by atoms with Crippen LogP contribution < -0.4 is 0 Å². The third-order valence-electron chi connectivity index (χ3n) is 5.21. The second-order valence-electron chi connectivity index (χ2n) is 6.80. The smallest absolute Gasteiger partial charge is 0.331 e. The molecule has 1 saturated carbocycles. The third kappa shape index (κ3) is 4.72. The Labute approximate surface area is 157 Å². The van der Waals surface area contributed by atoms with E-state index < -0.39 is 5.97 Å². The quantitative estimate of drug-likeness (QED) is 0.557. The van der Waals surface area contributed by atoms with E-state index in [4.69, 9.17) is 4.74 Å². The summed E-state index contributed by atoms with van der Waals surface area (Å²) in [5, 5.41) is 0. The highest BCUT2D eigenvalue weighted by Crippen LogP contribution is 2.35. The summed E-state index contributed by atoms with van der Waals surface area (Å²) in [4.78, 5) is 26.4. The predicted molar refractivity (Wildman–Crippen MR) is 101 cm³/mol. The fourth-order valence-corrected chi connectivity index (χ4v) is 4.38. The van der Waals surface area contributed by atoms with Crippen LogP contribution in [-0.4, -0.2) is 36.0 Å². The fourth-order valence-electron chi connectivity index (χ4n) is 3.97. The number of rotatable bonds is 4. The van der Waals surface area contributed by atoms with E-state index in [0.29, 0.717) is 12.0 Å². The van der Waals surface area contributed by atoms with E-state index in [0.717, 1.165) is 29.4 Å². The van der Waals surface area contributed by atoms with Gasteiger partial charge in [0.2, 0.25) is 0 Å². The van der Waals surface area contributed by atoms with E-state index in [2.05, 4.69) is 15.9 Å². The number of hydrogen-bond acceptors (Lipinski definition) is 3. The van der Waals surface area contributed by atoms with E-state index in [1.807, 2.05) is 29.2 Å². The van der Waals surface area contributed by atoms with E-state index in [-0.39, 0.29) is 12.5 Å². The number of carbonyl (C=O) groups excluding carboxylic acids is 2. The van der Waals surface area contributed by atoms with Gasteiger partial charge in [0.15, 0.2) is 6.61 Å². The summed E-state index contributed by atoms with van der Waals surface area (Å²) < 4.78 is 6.08. The molecule has 1 aliphatic carbocycles. The maximum atomic E-state index is 12.5. The first-order chi connectivity index (χ1) is 12.1. The Morgan fingerprint density at radius 3 is 2.76 bits per heavy atom. The lowest BCUT2D eigenvalue weighted by Gasteiger charge is -2.44. The zero-order valence-corrected chi connectivity index (χ0v) is 15.9. The van der Waals surface area contributed by atoms with Gasteiger partial charge in [-0.15, -0.1) is 0 Å². The van der Waals surface area contributed by atoms with Crippen molar-refractivity contribution in [2.45, 2.75) is 44.6 Å². The van der Waals surface area contributed by atoms with E-state index >= 15 is 0 Å². The molecular formula is C20H24BrNO3. The number of ether oxygens (including phenoxy) is 1. The summed E-state index contributed by atoms with van der Waals surface area (Å²) >= 11 is 3.43. The van der Waals surface area contributed by atoms with E-state index in [1.54, 1.807) is 6.08 Å². The van der Waals surface area contributed by atoms with Crippen molar-refractivity contribution < 1.29 is 14.3 Å². The van der Waals surface area contributed by atoms with Gasteiger partial charge in [-0.2, -0.15) is 0 Å². The van der Waals surface area contributed by atoms with Crippen LogP contribution in [0.4, 0.5) is 0 Å². The lowest BCUT2D eigenvalue weighted by Crippen LogP contribution is -2.50. The second kappa shape index (κ2) is 8.65. The van der Waals surface area contributed by atoms with Gasteiger partial charge in [0.05, 0.1) is 0 Å². The molecule has 0 unspecified atom stereocenters. The average molecular weight is 406 g/mol. The van der Waals surface area contributed by atoms with Crippen LogP contribution in [0.2, 0.25) is 0 Å². The fraction of sp³-hybridized carbons (Fsp3) is 0.500. The first-order valence-electron chi connectivity index (χ1n) is 9.04. The van der Waals surface area contributed by atoms with Crippen LogP contribution in [0, 0.1) is 5.92 Å². The second-order valence-corrected chi connectivity index (χ2v) is 7.66. The number of fused-ring (bicyclic) bond motifs is 1. The lowest BCUT2D eigenvalue weighted by molar-refractivity contribution is -0.151. The average Bonchev–Trinajstić information content (AvgIpc) is 2.65. The van der Waals surface area contributed by atoms with Crippen LogP contribution in [-0.2, 0) is 14.3 Å². The third-order valence-corrected chi connectivity index (χ3v) is 5.93. The zero-order chi connectivity index (χ0) is 17.6. The number of halogens is 1. The molecule has 1 saturated heterocycles. The van der Waals surface area contributed by atoms with Gasteiger partial charge < -0.3 is 9.64 Å². The Morgan fingerprint density at radius 1 is 1.16 bits per heavy atom. The molecule has 1 aliphatic heterocycles. The molecule has 1 aromatic carbocycles. The molecule has 0 N–H and O–H groups in total. The molecule has 4 nitrogen and oxygen atoms in total. The van der Waals surface area contributed by atoms with Crippen LogP contribution in [0.5, 0.6) is 0 Å². The summed E-state index contributed by atoms with van der Waals surface area (Å²) in [6.07, 6.45) is 10.1. The Bertz CT molecular complexity index is 656. The minimum atomic E-state index is -0.485. The summed E-state index contributed by atoms with van der Waals surface area (Å²) in [7, 11) is 0. The molecule has 0 aromatic heterocycles. The molecule has 2 fully saturated rings. The molecule has 0 spiro atoms. The van der Waals surface area contributed by atoms with Crippen molar-refractivity contribution in [2.75, 3.05) is 13.2 Å². The van der Waals surface area contributed by atoms with Crippen molar-refractivity contribution >= 4 is 33.9 Å². The van der Waals surface area contributed by atoms with Crippen LogP contribution in [0.25, 0.3) is 6.08 Å². The molecule has 0 bridgehead atoms. The number of hydrogen-bond donors (Lipinski definition) is 0. The minimum Gasteiger partial charge on any atom is -0.452 e. The van der Waals surface area contributed by atoms with Gasteiger partial charge in [-0.3, -0.25) is 4.79 Å². The standard InChI is InChI=1S/C20H24BrNO3/c21-17-9-3-1-6-15(17)11-12-20(24)25-14-19(23)22-13-5-8-16-7-2-4-10-18(16)22/h1,3,6,9,11-12,16,18H,2,4-5,7-8,10,13-14H2/b12-11+/t16-,18-/m1/s1. The molecule has 2 atom stereocenters. The largest absolute Gasteiger partial charge is 0.452 e. The van der Waals surface area contributed by atoms with Gasteiger partial charge in [-0.1, -0.05) is 47.0 Å². The molecule has 134 valence electrons. The molecule has 1 amide bonds. The molecule has 5 heteroatoms. The highest BCUT2D eigenvalue weighted by atomic mass is 79.9. The Hall–Kier alpha value is -1.62. The van der Waals surface area contributed by atoms with Crippen molar-refractivity contribution in [1.82, 2.24) is 4.90 Å². The number of likely N-dealkylation sites (tertiary alicyclic amines) is 1. The number of benzene rings is 1. The molecule has 25 heavy (non-hydrogen) atoms. The first-order valence-corrected chi connectivity index (χ1v) is 9.83. The summed E-state index contributed by atoms with van der Waals surface area (Å²) in [5.74, 6) is 0.0954. The SMILES string of the molecule is O=C(/C=C/c1ccccc1Br)OCC(=O)N1CCC[C@H]2CCCC[C@H]21. The van der Waals surface area contributed by atoms with Crippen molar-refractivity contribution in [2.24, 2.45) is 5.92 Å². The van der Waals surface area contributed by atoms with Gasteiger partial charge in [-0.25, -0.2) is 4.79 Å². The van der Waals surface area contributed by atoms with Gasteiger partial charge in [0.1, 0.15) is 0 Å². The molecule has 1 aromatic rings. The Morgan fingerprint density at radius 2 is 1.92 bits per heavy atom. The van der Waals surface area contributed by atoms with Crippen LogP contribution >= 0.6 is 15.9 Å². The monoisotopic (exact) mass is 405 g/mol. The van der Waals surface area contributed by atoms with Crippen molar-refractivity contribution in [3.8, 4) is 0 Å². The number of nitrogens with zero attached hydrogens (tertiary/aromatic N) is 1. The van der Waals surface area contributed by atoms with Gasteiger partial charge >= 0.3 is 5.97 Å². The lowest BCUT2D eigenvalue weighted by atomic mass is 9.78. The Balaban J connectivity index is 1.51. The molecule has 3 rings (SSSR count). The van der Waals surface area contributed by atoms with Crippen molar-refractivity contribution in [3.05, 3.63) is 40.4 Å². The van der Waals surface area contributed by atoms with Gasteiger partial charge in [0, 0.05) is 23.1 Å². The number of amides is 1. The highest BCUT2D eigenvalue weighted by Gasteiger charge is 2.35. The van der Waals surface area contributed by atoms with Crippen LogP contribution in [0.15, 0.2) is 34.8 Å². The van der Waals surface area contributed by atoms with Gasteiger partial charge in [0.25, 0.3) is 5.91 Å². The Kier molecular flexibility index (Phi) is 6.29. The predicted octanol–water partition coefficient (Wildman–Crippen LogP) is 4.19. The number of piperidine rings is 1. The van der Waals surface area contributed by atoms with Crippen LogP contribution in [0.3, 0.4) is 0 Å². The number of carbonyl (C=O) groups is 2. The van der Waals surface area contributed by atoms with Crippen LogP contribution in [0.1, 0.15) is 44.1 Å². The maximum Gasteiger partial charge on any atom is 0.331 e. The molecule has 1 heterocycles. The van der Waals surface area contributed by atoms with E-state index in [1.165, 1.54) is 31.8 Å². The van der Waals surface area contributed by atoms with Crippen molar-refractivity contribution in [1.29, 1.82) is 0 Å². The summed E-state index contributed by atoms with van der Waals surface area (Å²) in [6.45, 7) is 0.632. The topological polar surface area (TPSA) is 46.6 Å². The van der Waals surface area contributed by atoms with E-state index in [9.17, 15) is 9.59 Å². The molecule has 0 radical (unpaired) electrons.